The Morgan fingerprint density at radius 3 is 2.57 bits per heavy atom. The molecule has 1 aromatic rings. The van der Waals surface area contributed by atoms with Gasteiger partial charge >= 0.3 is 11.9 Å². The van der Waals surface area contributed by atoms with Crippen LogP contribution in [0.25, 0.3) is 0 Å². The maximum absolute atomic E-state index is 11.9. The first-order chi connectivity index (χ1) is 10.2. The third-order valence-electron chi connectivity index (χ3n) is 3.23. The summed E-state index contributed by atoms with van der Waals surface area (Å²) in [6.07, 6.45) is 0.145. The van der Waals surface area contributed by atoms with Crippen molar-refractivity contribution >= 4 is 17.7 Å². The molecule has 1 heterocycles. The average Bonchev–Trinajstić information content (AvgIpc) is 2.92. The van der Waals surface area contributed by atoms with Crippen molar-refractivity contribution in [3.05, 3.63) is 35.9 Å². The van der Waals surface area contributed by atoms with Gasteiger partial charge in [-0.05, 0) is 12.5 Å². The van der Waals surface area contributed by atoms with Crippen molar-refractivity contribution in [1.82, 2.24) is 0 Å². The summed E-state index contributed by atoms with van der Waals surface area (Å²) >= 11 is 0. The van der Waals surface area contributed by atoms with Crippen molar-refractivity contribution in [1.29, 1.82) is 0 Å². The van der Waals surface area contributed by atoms with Crippen LogP contribution in [0.3, 0.4) is 0 Å². The molecule has 0 aliphatic carbocycles. The Hall–Kier alpha value is -2.17. The molecular weight excluding hydrogens is 270 g/mol. The summed E-state index contributed by atoms with van der Waals surface area (Å²) in [5, 5.41) is 0. The van der Waals surface area contributed by atoms with Crippen molar-refractivity contribution in [2.24, 2.45) is 4.99 Å². The van der Waals surface area contributed by atoms with Crippen LogP contribution in [0, 0.1) is 0 Å². The summed E-state index contributed by atoms with van der Waals surface area (Å²) in [5.41, 5.74) is 1.49. The summed E-state index contributed by atoms with van der Waals surface area (Å²) in [5.74, 6) is -0.672. The third-order valence-corrected chi connectivity index (χ3v) is 3.23. The Bertz CT molecular complexity index is 538. The number of esters is 2. The molecule has 0 bridgehead atoms. The first-order valence-corrected chi connectivity index (χ1v) is 7.14. The lowest BCUT2D eigenvalue weighted by Gasteiger charge is -2.14. The quantitative estimate of drug-likeness (QED) is 0.779. The van der Waals surface area contributed by atoms with Crippen LogP contribution >= 0.6 is 0 Å². The van der Waals surface area contributed by atoms with Crippen LogP contribution in [0.1, 0.15) is 32.3 Å². The van der Waals surface area contributed by atoms with Gasteiger partial charge in [-0.1, -0.05) is 37.3 Å². The molecule has 0 saturated carbocycles. The Morgan fingerprint density at radius 2 is 1.95 bits per heavy atom. The van der Waals surface area contributed by atoms with Crippen molar-refractivity contribution in [3.63, 3.8) is 0 Å². The summed E-state index contributed by atoms with van der Waals surface area (Å²) in [6.45, 7) is 3.80. The van der Waals surface area contributed by atoms with Gasteiger partial charge in [-0.2, -0.15) is 0 Å². The molecule has 1 aliphatic heterocycles. The monoisotopic (exact) mass is 289 g/mol. The fraction of sp³-hybridized carbons (Fsp3) is 0.438. The van der Waals surface area contributed by atoms with Crippen molar-refractivity contribution in [2.45, 2.75) is 38.8 Å². The number of carbonyl (C=O) groups excluding carboxylic acids is 2. The predicted octanol–water partition coefficient (Wildman–Crippen LogP) is 2.13. The number of rotatable bonds is 5. The van der Waals surface area contributed by atoms with Gasteiger partial charge in [0.25, 0.3) is 0 Å². The zero-order chi connectivity index (χ0) is 15.2. The van der Waals surface area contributed by atoms with Gasteiger partial charge in [0.2, 0.25) is 0 Å². The number of nitrogens with zero attached hydrogens (tertiary/aromatic N) is 1. The van der Waals surface area contributed by atoms with Gasteiger partial charge in [0, 0.05) is 12.8 Å². The van der Waals surface area contributed by atoms with E-state index in [-0.39, 0.29) is 11.9 Å². The molecule has 0 aromatic heterocycles. The topological polar surface area (TPSA) is 65.0 Å². The van der Waals surface area contributed by atoms with E-state index in [0.29, 0.717) is 25.2 Å². The predicted molar refractivity (Wildman–Crippen MR) is 78.2 cm³/mol. The molecule has 0 spiro atoms. The van der Waals surface area contributed by atoms with Crippen LogP contribution in [0.5, 0.6) is 0 Å². The van der Waals surface area contributed by atoms with E-state index in [2.05, 4.69) is 4.99 Å². The van der Waals surface area contributed by atoms with Crippen molar-refractivity contribution < 1.29 is 19.1 Å². The number of aliphatic imine (C=N–C) groups is 1. The molecule has 0 N–H and O–H groups in total. The smallest absolute Gasteiger partial charge is 0.331 e. The highest BCUT2D eigenvalue weighted by Gasteiger charge is 2.36. The number of carbonyl (C=O) groups is 2. The minimum atomic E-state index is -0.602. The minimum absolute atomic E-state index is 0.294. The lowest BCUT2D eigenvalue weighted by atomic mass is 10.0. The van der Waals surface area contributed by atoms with Crippen LogP contribution in [0.2, 0.25) is 0 Å². The second-order valence-corrected chi connectivity index (χ2v) is 4.72. The molecule has 0 fully saturated rings. The normalized spacial score (nSPS) is 20.8. The van der Waals surface area contributed by atoms with E-state index in [4.69, 9.17) is 9.47 Å². The lowest BCUT2D eigenvalue weighted by molar-refractivity contribution is -0.149. The van der Waals surface area contributed by atoms with E-state index in [1.807, 2.05) is 30.3 Å². The second-order valence-electron chi connectivity index (χ2n) is 4.72. The van der Waals surface area contributed by atoms with E-state index in [1.54, 1.807) is 13.8 Å². The number of benzene rings is 1. The van der Waals surface area contributed by atoms with Crippen LogP contribution in [-0.4, -0.2) is 36.4 Å². The standard InChI is InChI=1S/C16H19NO4/c1-3-14(18)21-13-10-12(16(19)20-4-2)17-15(13)11-8-6-5-7-9-11/h5-9,12-13H,3-4,10H2,1-2H3/t12-,13+/m1/s1. The van der Waals surface area contributed by atoms with Gasteiger partial charge in [-0.15, -0.1) is 0 Å². The highest BCUT2D eigenvalue weighted by molar-refractivity contribution is 6.07. The molecule has 21 heavy (non-hydrogen) atoms. The SMILES string of the molecule is CCOC(=O)[C@H]1C[C@H](OC(=O)CC)C(c2ccccc2)=N1. The van der Waals surface area contributed by atoms with Crippen LogP contribution in [-0.2, 0) is 19.1 Å². The van der Waals surface area contributed by atoms with E-state index in [0.717, 1.165) is 5.56 Å². The molecule has 5 nitrogen and oxygen atoms in total. The van der Waals surface area contributed by atoms with E-state index < -0.39 is 12.1 Å². The van der Waals surface area contributed by atoms with Crippen LogP contribution in [0.4, 0.5) is 0 Å². The van der Waals surface area contributed by atoms with E-state index in [1.165, 1.54) is 0 Å². The van der Waals surface area contributed by atoms with Gasteiger partial charge in [0.05, 0.1) is 12.3 Å². The average molecular weight is 289 g/mol. The largest absolute Gasteiger partial charge is 0.464 e. The van der Waals surface area contributed by atoms with Crippen LogP contribution in [0.15, 0.2) is 35.3 Å². The van der Waals surface area contributed by atoms with Gasteiger partial charge in [0.1, 0.15) is 6.10 Å². The summed E-state index contributed by atoms with van der Waals surface area (Å²) < 4.78 is 10.4. The molecule has 5 heteroatoms. The fourth-order valence-corrected chi connectivity index (χ4v) is 2.22. The minimum Gasteiger partial charge on any atom is -0.464 e. The van der Waals surface area contributed by atoms with E-state index >= 15 is 0 Å². The molecular formula is C16H19NO4. The highest BCUT2D eigenvalue weighted by atomic mass is 16.5. The van der Waals surface area contributed by atoms with E-state index in [9.17, 15) is 9.59 Å². The number of hydrogen-bond acceptors (Lipinski definition) is 5. The molecule has 0 saturated heterocycles. The molecule has 0 unspecified atom stereocenters. The number of hydrogen-bond donors (Lipinski definition) is 0. The molecule has 2 rings (SSSR count). The zero-order valence-electron chi connectivity index (χ0n) is 12.2. The highest BCUT2D eigenvalue weighted by Crippen LogP contribution is 2.23. The van der Waals surface area contributed by atoms with Gasteiger partial charge in [0.15, 0.2) is 6.04 Å². The maximum Gasteiger partial charge on any atom is 0.331 e. The van der Waals surface area contributed by atoms with Crippen molar-refractivity contribution in [3.8, 4) is 0 Å². The third kappa shape index (κ3) is 3.68. The summed E-state index contributed by atoms with van der Waals surface area (Å²) in [7, 11) is 0. The molecule has 112 valence electrons. The Balaban J connectivity index is 2.23. The van der Waals surface area contributed by atoms with Gasteiger partial charge < -0.3 is 9.47 Å². The first-order valence-electron chi connectivity index (χ1n) is 7.14. The Kier molecular flexibility index (Phi) is 5.09. The summed E-state index contributed by atoms with van der Waals surface area (Å²) in [4.78, 5) is 27.8. The fourth-order valence-electron chi connectivity index (χ4n) is 2.22. The first kappa shape index (κ1) is 15.2. The molecule has 1 aliphatic rings. The number of ether oxygens (including phenoxy) is 2. The van der Waals surface area contributed by atoms with Gasteiger partial charge in [-0.25, -0.2) is 4.79 Å². The molecule has 0 radical (unpaired) electrons. The second kappa shape index (κ2) is 7.02. The zero-order valence-corrected chi connectivity index (χ0v) is 12.2. The Labute approximate surface area is 124 Å². The van der Waals surface area contributed by atoms with Crippen LogP contribution < -0.4 is 0 Å². The molecule has 2 atom stereocenters. The van der Waals surface area contributed by atoms with Gasteiger partial charge in [-0.3, -0.25) is 9.79 Å². The maximum atomic E-state index is 11.9. The molecule has 0 amide bonds. The molecule has 1 aromatic carbocycles. The van der Waals surface area contributed by atoms with Crippen molar-refractivity contribution in [2.75, 3.05) is 6.61 Å². The summed E-state index contributed by atoms with van der Waals surface area (Å²) in [6, 6.07) is 8.84. The Morgan fingerprint density at radius 1 is 1.24 bits per heavy atom. The lowest BCUT2D eigenvalue weighted by Crippen LogP contribution is -2.27.